The summed E-state index contributed by atoms with van der Waals surface area (Å²) >= 11 is 0. The molecular formula is C15H22ClNO2. The standard InChI is InChI=1S/C15H21NO2.ClH/c1-16(13-10-6-3-7-11-13)14(15(17)18)12-8-4-2-5-9-12;/h2,4-5,8-9,13-14H,3,6-7,10-11H2,1H3,(H,17,18);1H. The summed E-state index contributed by atoms with van der Waals surface area (Å²) in [5.74, 6) is -0.755. The zero-order valence-corrected chi connectivity index (χ0v) is 12.1. The first-order valence-corrected chi connectivity index (χ1v) is 6.70. The molecular weight excluding hydrogens is 262 g/mol. The lowest BCUT2D eigenvalue weighted by Gasteiger charge is -2.35. The summed E-state index contributed by atoms with van der Waals surface area (Å²) < 4.78 is 0. The van der Waals surface area contributed by atoms with Crippen LogP contribution in [-0.4, -0.2) is 29.1 Å². The van der Waals surface area contributed by atoms with Crippen molar-refractivity contribution in [2.24, 2.45) is 0 Å². The van der Waals surface area contributed by atoms with E-state index in [1.165, 1.54) is 19.3 Å². The van der Waals surface area contributed by atoms with Gasteiger partial charge in [-0.25, -0.2) is 0 Å². The quantitative estimate of drug-likeness (QED) is 0.919. The van der Waals surface area contributed by atoms with Crippen molar-refractivity contribution < 1.29 is 9.90 Å². The Hall–Kier alpha value is -1.06. The van der Waals surface area contributed by atoms with Gasteiger partial charge in [0.1, 0.15) is 6.04 Å². The van der Waals surface area contributed by atoms with Gasteiger partial charge in [-0.15, -0.1) is 12.4 Å². The third kappa shape index (κ3) is 3.95. The van der Waals surface area contributed by atoms with Crippen molar-refractivity contribution in [3.05, 3.63) is 35.9 Å². The van der Waals surface area contributed by atoms with Crippen LogP contribution >= 0.6 is 12.4 Å². The van der Waals surface area contributed by atoms with Gasteiger partial charge >= 0.3 is 5.97 Å². The highest BCUT2D eigenvalue weighted by atomic mass is 35.5. The molecule has 19 heavy (non-hydrogen) atoms. The first kappa shape index (κ1) is 16.0. The number of carboxylic acid groups (broad SMARTS) is 1. The van der Waals surface area contributed by atoms with Crippen LogP contribution in [0.5, 0.6) is 0 Å². The Kier molecular flexibility index (Phi) is 6.32. The normalized spacial score (nSPS) is 17.8. The summed E-state index contributed by atoms with van der Waals surface area (Å²) in [5.41, 5.74) is 0.873. The van der Waals surface area contributed by atoms with Crippen LogP contribution in [0.25, 0.3) is 0 Å². The molecule has 0 spiro atoms. The number of benzene rings is 1. The molecule has 0 amide bonds. The number of nitrogens with zero attached hydrogens (tertiary/aromatic N) is 1. The molecule has 1 saturated carbocycles. The molecule has 1 unspecified atom stereocenters. The minimum absolute atomic E-state index is 0. The first-order chi connectivity index (χ1) is 8.70. The fourth-order valence-electron chi connectivity index (χ4n) is 2.89. The summed E-state index contributed by atoms with van der Waals surface area (Å²) in [7, 11) is 1.95. The molecule has 0 saturated heterocycles. The lowest BCUT2D eigenvalue weighted by Crippen LogP contribution is -2.40. The maximum Gasteiger partial charge on any atom is 0.325 e. The molecule has 0 heterocycles. The van der Waals surface area contributed by atoms with E-state index in [1.54, 1.807) is 0 Å². The number of hydrogen-bond donors (Lipinski definition) is 1. The van der Waals surface area contributed by atoms with E-state index in [0.29, 0.717) is 6.04 Å². The molecule has 0 radical (unpaired) electrons. The van der Waals surface area contributed by atoms with Gasteiger partial charge in [0.2, 0.25) is 0 Å². The van der Waals surface area contributed by atoms with E-state index in [9.17, 15) is 9.90 Å². The van der Waals surface area contributed by atoms with Crippen LogP contribution in [0.15, 0.2) is 30.3 Å². The monoisotopic (exact) mass is 283 g/mol. The lowest BCUT2D eigenvalue weighted by molar-refractivity contribution is -0.144. The molecule has 0 aromatic heterocycles. The van der Waals surface area contributed by atoms with Gasteiger partial charge in [0.25, 0.3) is 0 Å². The Labute approximate surface area is 121 Å². The smallest absolute Gasteiger partial charge is 0.325 e. The molecule has 1 N–H and O–H groups in total. The van der Waals surface area contributed by atoms with E-state index >= 15 is 0 Å². The van der Waals surface area contributed by atoms with E-state index in [0.717, 1.165) is 18.4 Å². The number of rotatable bonds is 4. The van der Waals surface area contributed by atoms with E-state index in [2.05, 4.69) is 0 Å². The molecule has 1 fully saturated rings. The Morgan fingerprint density at radius 2 is 1.79 bits per heavy atom. The number of hydrogen-bond acceptors (Lipinski definition) is 2. The van der Waals surface area contributed by atoms with Crippen LogP contribution in [0.3, 0.4) is 0 Å². The number of likely N-dealkylation sites (N-methyl/N-ethyl adjacent to an activating group) is 1. The molecule has 1 aliphatic carbocycles. The molecule has 4 heteroatoms. The van der Waals surface area contributed by atoms with Crippen LogP contribution in [0.4, 0.5) is 0 Å². The Morgan fingerprint density at radius 3 is 2.32 bits per heavy atom. The predicted molar refractivity (Wildman–Crippen MR) is 78.7 cm³/mol. The topological polar surface area (TPSA) is 40.5 Å². The predicted octanol–water partition coefficient (Wildman–Crippen LogP) is 3.50. The molecule has 106 valence electrons. The van der Waals surface area contributed by atoms with Gasteiger partial charge in [-0.3, -0.25) is 9.69 Å². The van der Waals surface area contributed by atoms with Gasteiger partial charge in [0.05, 0.1) is 0 Å². The molecule has 1 atom stereocenters. The maximum atomic E-state index is 11.5. The third-order valence-electron chi connectivity index (χ3n) is 3.91. The Morgan fingerprint density at radius 1 is 1.21 bits per heavy atom. The number of halogens is 1. The summed E-state index contributed by atoms with van der Waals surface area (Å²) in [4.78, 5) is 13.6. The number of carbonyl (C=O) groups is 1. The van der Waals surface area contributed by atoms with Crippen molar-refractivity contribution in [3.63, 3.8) is 0 Å². The second-order valence-electron chi connectivity index (χ2n) is 5.11. The van der Waals surface area contributed by atoms with Gasteiger partial charge in [-0.1, -0.05) is 49.6 Å². The SMILES string of the molecule is CN(C1CCCCC1)C(C(=O)O)c1ccccc1.Cl. The van der Waals surface area contributed by atoms with Gasteiger partial charge < -0.3 is 5.11 Å². The van der Waals surface area contributed by atoms with Crippen molar-refractivity contribution in [1.82, 2.24) is 4.90 Å². The van der Waals surface area contributed by atoms with Crippen molar-refractivity contribution in [1.29, 1.82) is 0 Å². The van der Waals surface area contributed by atoms with Crippen molar-refractivity contribution in [2.45, 2.75) is 44.2 Å². The van der Waals surface area contributed by atoms with Gasteiger partial charge in [0.15, 0.2) is 0 Å². The van der Waals surface area contributed by atoms with Crippen LogP contribution in [0.1, 0.15) is 43.7 Å². The summed E-state index contributed by atoms with van der Waals surface area (Å²) in [6.07, 6.45) is 5.96. The van der Waals surface area contributed by atoms with Gasteiger partial charge in [-0.2, -0.15) is 0 Å². The highest BCUT2D eigenvalue weighted by Crippen LogP contribution is 2.29. The molecule has 1 aromatic carbocycles. The van der Waals surface area contributed by atoms with Crippen LogP contribution < -0.4 is 0 Å². The molecule has 1 aromatic rings. The molecule has 2 rings (SSSR count). The van der Waals surface area contributed by atoms with Crippen LogP contribution in [-0.2, 0) is 4.79 Å². The minimum Gasteiger partial charge on any atom is -0.480 e. The fraction of sp³-hybridized carbons (Fsp3) is 0.533. The van der Waals surface area contributed by atoms with Gasteiger partial charge in [0, 0.05) is 6.04 Å². The summed E-state index contributed by atoms with van der Waals surface area (Å²) in [5, 5.41) is 9.49. The largest absolute Gasteiger partial charge is 0.480 e. The van der Waals surface area contributed by atoms with Crippen LogP contribution in [0, 0.1) is 0 Å². The van der Waals surface area contributed by atoms with Crippen LogP contribution in [0.2, 0.25) is 0 Å². The maximum absolute atomic E-state index is 11.5. The molecule has 0 aliphatic heterocycles. The Bertz CT molecular complexity index is 390. The van der Waals surface area contributed by atoms with Crippen molar-refractivity contribution in [3.8, 4) is 0 Å². The second kappa shape index (κ2) is 7.51. The lowest BCUT2D eigenvalue weighted by atomic mass is 9.92. The fourth-order valence-corrected chi connectivity index (χ4v) is 2.89. The number of aliphatic carboxylic acids is 1. The first-order valence-electron chi connectivity index (χ1n) is 6.70. The minimum atomic E-state index is -0.755. The summed E-state index contributed by atoms with van der Waals surface area (Å²) in [6, 6.07) is 9.41. The average molecular weight is 284 g/mol. The number of carboxylic acids is 1. The van der Waals surface area contributed by atoms with Crippen molar-refractivity contribution >= 4 is 18.4 Å². The zero-order chi connectivity index (χ0) is 13.0. The highest BCUT2D eigenvalue weighted by molar-refractivity contribution is 5.85. The van der Waals surface area contributed by atoms with Gasteiger partial charge in [-0.05, 0) is 25.5 Å². The van der Waals surface area contributed by atoms with E-state index in [4.69, 9.17) is 0 Å². The summed E-state index contributed by atoms with van der Waals surface area (Å²) in [6.45, 7) is 0. The Balaban J connectivity index is 0.00000180. The van der Waals surface area contributed by atoms with E-state index < -0.39 is 12.0 Å². The molecule has 0 bridgehead atoms. The molecule has 1 aliphatic rings. The highest BCUT2D eigenvalue weighted by Gasteiger charge is 2.30. The van der Waals surface area contributed by atoms with E-state index in [-0.39, 0.29) is 12.4 Å². The second-order valence-corrected chi connectivity index (χ2v) is 5.11. The zero-order valence-electron chi connectivity index (χ0n) is 11.3. The average Bonchev–Trinajstić information content (AvgIpc) is 2.40. The van der Waals surface area contributed by atoms with E-state index in [1.807, 2.05) is 42.3 Å². The van der Waals surface area contributed by atoms with Crippen molar-refractivity contribution in [2.75, 3.05) is 7.05 Å². The third-order valence-corrected chi connectivity index (χ3v) is 3.91. The molecule has 3 nitrogen and oxygen atoms in total.